The van der Waals surface area contributed by atoms with Crippen LogP contribution in [0.15, 0.2) is 12.1 Å². The lowest BCUT2D eigenvalue weighted by Crippen LogP contribution is -2.47. The van der Waals surface area contributed by atoms with E-state index in [9.17, 15) is 14.4 Å². The fourth-order valence-corrected chi connectivity index (χ4v) is 4.46. The van der Waals surface area contributed by atoms with Gasteiger partial charge in [0.2, 0.25) is 5.91 Å². The first kappa shape index (κ1) is 18.7. The van der Waals surface area contributed by atoms with Crippen LogP contribution in [-0.4, -0.2) is 65.3 Å². The van der Waals surface area contributed by atoms with E-state index in [-0.39, 0.29) is 40.4 Å². The van der Waals surface area contributed by atoms with Crippen LogP contribution in [0.25, 0.3) is 0 Å². The van der Waals surface area contributed by atoms with Crippen LogP contribution in [0.3, 0.4) is 0 Å². The predicted molar refractivity (Wildman–Crippen MR) is 102 cm³/mol. The van der Waals surface area contributed by atoms with E-state index in [0.717, 1.165) is 38.8 Å². The second kappa shape index (κ2) is 7.41. The van der Waals surface area contributed by atoms with Crippen molar-refractivity contribution >= 4 is 40.9 Å². The highest BCUT2D eigenvalue weighted by atomic mass is 35.5. The molecule has 2 saturated heterocycles. The number of hydrogen-bond acceptors (Lipinski definition) is 4. The minimum absolute atomic E-state index is 0.0548. The van der Waals surface area contributed by atoms with Gasteiger partial charge < -0.3 is 4.90 Å². The Balaban J connectivity index is 1.37. The Morgan fingerprint density at radius 1 is 0.926 bits per heavy atom. The molecule has 1 aromatic carbocycles. The minimum Gasteiger partial charge on any atom is -0.342 e. The number of rotatable bonds is 3. The van der Waals surface area contributed by atoms with Gasteiger partial charge in [-0.05, 0) is 37.8 Å². The fourth-order valence-electron chi connectivity index (χ4n) is 4.13. The molecule has 2 fully saturated rings. The van der Waals surface area contributed by atoms with Crippen molar-refractivity contribution in [3.05, 3.63) is 33.3 Å². The van der Waals surface area contributed by atoms with Gasteiger partial charge in [-0.25, -0.2) is 0 Å². The summed E-state index contributed by atoms with van der Waals surface area (Å²) in [6, 6.07) is 2.92. The maximum absolute atomic E-state index is 12.6. The molecule has 0 saturated carbocycles. The van der Waals surface area contributed by atoms with E-state index in [1.807, 2.05) is 4.90 Å². The third-order valence-corrected chi connectivity index (χ3v) is 6.43. The molecule has 0 aromatic heterocycles. The molecule has 1 aromatic rings. The van der Waals surface area contributed by atoms with Gasteiger partial charge >= 0.3 is 0 Å². The molecule has 0 spiro atoms. The highest BCUT2D eigenvalue weighted by Crippen LogP contribution is 2.32. The van der Waals surface area contributed by atoms with Crippen molar-refractivity contribution in [2.24, 2.45) is 5.92 Å². The molecule has 3 aliphatic rings. The average Bonchev–Trinajstić information content (AvgIpc) is 3.27. The molecular formula is C19H21Cl2N3O3. The molecular weight excluding hydrogens is 389 g/mol. The predicted octanol–water partition coefficient (Wildman–Crippen LogP) is 2.88. The second-order valence-electron chi connectivity index (χ2n) is 7.42. The van der Waals surface area contributed by atoms with Gasteiger partial charge in [0.25, 0.3) is 11.8 Å². The van der Waals surface area contributed by atoms with Gasteiger partial charge in [-0.1, -0.05) is 23.2 Å². The van der Waals surface area contributed by atoms with Gasteiger partial charge in [0.1, 0.15) is 0 Å². The summed E-state index contributed by atoms with van der Waals surface area (Å²) in [5.74, 6) is -0.371. The number of likely N-dealkylation sites (tertiary alicyclic amines) is 2. The number of piperidine rings is 1. The summed E-state index contributed by atoms with van der Waals surface area (Å²) in [6.45, 7) is 3.36. The second-order valence-corrected chi connectivity index (χ2v) is 8.23. The maximum atomic E-state index is 12.6. The van der Waals surface area contributed by atoms with Gasteiger partial charge in [0.15, 0.2) is 0 Å². The summed E-state index contributed by atoms with van der Waals surface area (Å²) >= 11 is 12.0. The Morgan fingerprint density at radius 3 is 1.96 bits per heavy atom. The lowest BCUT2D eigenvalue weighted by Gasteiger charge is -2.34. The molecule has 0 bridgehead atoms. The zero-order chi connectivity index (χ0) is 19.1. The average molecular weight is 410 g/mol. The normalized spacial score (nSPS) is 21.3. The minimum atomic E-state index is -0.344. The van der Waals surface area contributed by atoms with Gasteiger partial charge in [0, 0.05) is 32.1 Å². The van der Waals surface area contributed by atoms with Crippen molar-refractivity contribution in [2.45, 2.75) is 25.7 Å². The third kappa shape index (κ3) is 3.46. The van der Waals surface area contributed by atoms with Crippen LogP contribution in [0, 0.1) is 5.92 Å². The topological polar surface area (TPSA) is 60.9 Å². The van der Waals surface area contributed by atoms with Crippen LogP contribution in [0.2, 0.25) is 10.0 Å². The first-order valence-corrected chi connectivity index (χ1v) is 10.1. The zero-order valence-corrected chi connectivity index (χ0v) is 16.4. The number of hydrogen-bond donors (Lipinski definition) is 0. The molecule has 8 heteroatoms. The highest BCUT2D eigenvalue weighted by Gasteiger charge is 2.38. The molecule has 0 N–H and O–H groups in total. The molecule has 0 atom stereocenters. The van der Waals surface area contributed by atoms with Crippen LogP contribution in [0.4, 0.5) is 0 Å². The number of carbonyl (C=O) groups is 3. The Bertz CT molecular complexity index is 759. The summed E-state index contributed by atoms with van der Waals surface area (Å²) in [6.07, 6.45) is 3.71. The van der Waals surface area contributed by atoms with E-state index in [1.54, 1.807) is 0 Å². The van der Waals surface area contributed by atoms with Gasteiger partial charge in [-0.3, -0.25) is 24.2 Å². The number of benzene rings is 1. The van der Waals surface area contributed by atoms with E-state index in [1.165, 1.54) is 17.0 Å². The number of carbonyl (C=O) groups excluding carboxylic acids is 3. The number of amides is 3. The monoisotopic (exact) mass is 409 g/mol. The summed E-state index contributed by atoms with van der Waals surface area (Å²) in [5.41, 5.74) is 0.599. The fraction of sp³-hybridized carbons (Fsp3) is 0.526. The smallest absolute Gasteiger partial charge is 0.262 e. The van der Waals surface area contributed by atoms with Crippen LogP contribution < -0.4 is 0 Å². The van der Waals surface area contributed by atoms with E-state index in [2.05, 4.69) is 4.90 Å². The molecule has 3 amide bonds. The van der Waals surface area contributed by atoms with Crippen LogP contribution in [-0.2, 0) is 4.79 Å². The van der Waals surface area contributed by atoms with E-state index in [4.69, 9.17) is 23.2 Å². The molecule has 3 aliphatic heterocycles. The highest BCUT2D eigenvalue weighted by molar-refractivity contribution is 6.43. The number of imide groups is 1. The van der Waals surface area contributed by atoms with Crippen molar-refractivity contribution in [2.75, 3.05) is 32.8 Å². The van der Waals surface area contributed by atoms with Crippen LogP contribution in [0.5, 0.6) is 0 Å². The quantitative estimate of drug-likeness (QED) is 0.720. The summed E-state index contributed by atoms with van der Waals surface area (Å²) < 4.78 is 0. The first-order valence-electron chi connectivity index (χ1n) is 9.32. The molecule has 144 valence electrons. The molecule has 0 aliphatic carbocycles. The van der Waals surface area contributed by atoms with E-state index < -0.39 is 0 Å². The zero-order valence-electron chi connectivity index (χ0n) is 14.9. The Hall–Kier alpha value is -1.63. The van der Waals surface area contributed by atoms with Crippen molar-refractivity contribution in [1.29, 1.82) is 0 Å². The SMILES string of the molecule is O=C(C1CCN(CN2C(=O)c3cc(Cl)c(Cl)cc3C2=O)CC1)N1CCCC1. The van der Waals surface area contributed by atoms with Crippen LogP contribution >= 0.6 is 23.2 Å². The maximum Gasteiger partial charge on any atom is 0.262 e. The number of fused-ring (bicyclic) bond motifs is 1. The van der Waals surface area contributed by atoms with E-state index >= 15 is 0 Å². The summed E-state index contributed by atoms with van der Waals surface area (Å²) in [5, 5.41) is 0.527. The van der Waals surface area contributed by atoms with Crippen molar-refractivity contribution in [1.82, 2.24) is 14.7 Å². The Morgan fingerprint density at radius 2 is 1.44 bits per heavy atom. The molecule has 27 heavy (non-hydrogen) atoms. The molecule has 4 rings (SSSR count). The van der Waals surface area contributed by atoms with Crippen molar-refractivity contribution in [3.8, 4) is 0 Å². The van der Waals surface area contributed by atoms with Crippen molar-refractivity contribution in [3.63, 3.8) is 0 Å². The summed E-state index contributed by atoms with van der Waals surface area (Å²) in [4.78, 5) is 43.0. The lowest BCUT2D eigenvalue weighted by atomic mass is 9.95. The molecule has 3 heterocycles. The van der Waals surface area contributed by atoms with Crippen molar-refractivity contribution < 1.29 is 14.4 Å². The Kier molecular flexibility index (Phi) is 5.14. The standard InChI is InChI=1S/C19H21Cl2N3O3/c20-15-9-13-14(10-16(15)21)19(27)24(18(13)26)11-22-7-3-12(4-8-22)17(25)23-5-1-2-6-23/h9-10,12H,1-8,11H2. The van der Waals surface area contributed by atoms with Crippen LogP contribution in [0.1, 0.15) is 46.4 Å². The molecule has 6 nitrogen and oxygen atoms in total. The molecule has 0 unspecified atom stereocenters. The number of nitrogens with zero attached hydrogens (tertiary/aromatic N) is 3. The van der Waals surface area contributed by atoms with E-state index in [0.29, 0.717) is 24.2 Å². The first-order chi connectivity index (χ1) is 13.0. The largest absolute Gasteiger partial charge is 0.342 e. The Labute approximate surface area is 168 Å². The molecule has 0 radical (unpaired) electrons. The third-order valence-electron chi connectivity index (χ3n) is 5.71. The van der Waals surface area contributed by atoms with Gasteiger partial charge in [-0.15, -0.1) is 0 Å². The number of halogens is 2. The van der Waals surface area contributed by atoms with Gasteiger partial charge in [0.05, 0.1) is 27.8 Å². The van der Waals surface area contributed by atoms with Gasteiger partial charge in [-0.2, -0.15) is 0 Å². The summed E-state index contributed by atoms with van der Waals surface area (Å²) in [7, 11) is 0. The lowest BCUT2D eigenvalue weighted by molar-refractivity contribution is -0.136.